The molecule has 0 aliphatic carbocycles. The van der Waals surface area contributed by atoms with Gasteiger partial charge in [-0.25, -0.2) is 8.42 Å². The van der Waals surface area contributed by atoms with Crippen molar-refractivity contribution >= 4 is 15.7 Å². The molecule has 0 bridgehead atoms. The van der Waals surface area contributed by atoms with Crippen molar-refractivity contribution in [1.82, 2.24) is 4.90 Å². The van der Waals surface area contributed by atoms with Crippen molar-refractivity contribution in [3.63, 3.8) is 0 Å². The van der Waals surface area contributed by atoms with Crippen LogP contribution in [0.15, 0.2) is 0 Å². The van der Waals surface area contributed by atoms with Crippen molar-refractivity contribution in [2.24, 2.45) is 5.92 Å². The molecule has 3 heterocycles. The summed E-state index contributed by atoms with van der Waals surface area (Å²) in [6, 6.07) is -0.0575. The van der Waals surface area contributed by atoms with Crippen LogP contribution in [0.4, 0.5) is 0 Å². The molecule has 0 unspecified atom stereocenters. The van der Waals surface area contributed by atoms with Crippen molar-refractivity contribution in [2.75, 3.05) is 50.9 Å². The van der Waals surface area contributed by atoms with E-state index < -0.39 is 9.84 Å². The van der Waals surface area contributed by atoms with E-state index in [-0.39, 0.29) is 29.4 Å². The van der Waals surface area contributed by atoms with Gasteiger partial charge in [-0.15, -0.1) is 0 Å². The number of hydrogen-bond acceptors (Lipinski definition) is 4. The Bertz CT molecular complexity index is 458. The summed E-state index contributed by atoms with van der Waals surface area (Å²) in [5.41, 5.74) is 0. The molecule has 0 aromatic heterocycles. The highest BCUT2D eigenvalue weighted by Gasteiger charge is 2.48. The zero-order valence-corrected chi connectivity index (χ0v) is 11.8. The zero-order valence-electron chi connectivity index (χ0n) is 11.0. The maximum absolute atomic E-state index is 12.0. The summed E-state index contributed by atoms with van der Waals surface area (Å²) >= 11 is 0. The number of nitrogens with one attached hydrogen (secondary N) is 1. The molecule has 3 aliphatic rings. The minimum absolute atomic E-state index is 0.0391. The minimum Gasteiger partial charge on any atom is -0.370 e. The van der Waals surface area contributed by atoms with Crippen molar-refractivity contribution in [3.8, 4) is 0 Å². The lowest BCUT2D eigenvalue weighted by Crippen LogP contribution is -3.14. The zero-order chi connectivity index (χ0) is 13.5. The van der Waals surface area contributed by atoms with Gasteiger partial charge in [-0.3, -0.25) is 4.79 Å². The quantitative estimate of drug-likeness (QED) is 0.626. The summed E-state index contributed by atoms with van der Waals surface area (Å²) in [6.45, 7) is 5.11. The minimum atomic E-state index is -2.93. The number of ether oxygens (including phenoxy) is 1. The molecule has 0 aromatic rings. The third-order valence-corrected chi connectivity index (χ3v) is 6.29. The monoisotopic (exact) mass is 289 g/mol. The van der Waals surface area contributed by atoms with Gasteiger partial charge in [0.25, 0.3) is 0 Å². The van der Waals surface area contributed by atoms with E-state index in [2.05, 4.69) is 0 Å². The largest absolute Gasteiger partial charge is 0.370 e. The van der Waals surface area contributed by atoms with Gasteiger partial charge in [-0.05, 0) is 0 Å². The molecule has 0 aromatic carbocycles. The molecular weight excluding hydrogens is 268 g/mol. The van der Waals surface area contributed by atoms with Gasteiger partial charge in [0.1, 0.15) is 13.1 Å². The van der Waals surface area contributed by atoms with Crippen LogP contribution in [0.2, 0.25) is 0 Å². The molecule has 0 saturated carbocycles. The first-order valence-corrected chi connectivity index (χ1v) is 8.78. The summed E-state index contributed by atoms with van der Waals surface area (Å²) < 4.78 is 28.6. The second-order valence-electron chi connectivity index (χ2n) is 5.81. The standard InChI is InChI=1S/C12H20N2O4S/c15-12-7-10-8-19(16,17)9-11(10)14(12)2-1-13-3-5-18-6-4-13/h10-11H,1-9H2/p+1/t10-,11+/m0/s1. The molecular formula is C12H21N2O4S+. The molecule has 0 spiro atoms. The fourth-order valence-corrected chi connectivity index (χ4v) is 5.55. The fraction of sp³-hybridized carbons (Fsp3) is 0.917. The Kier molecular flexibility index (Phi) is 3.53. The van der Waals surface area contributed by atoms with E-state index in [9.17, 15) is 13.2 Å². The second kappa shape index (κ2) is 5.03. The Labute approximate surface area is 113 Å². The number of hydrogen-bond donors (Lipinski definition) is 1. The fourth-order valence-electron chi connectivity index (χ4n) is 3.45. The number of likely N-dealkylation sites (tertiary alicyclic amines) is 1. The Balaban J connectivity index is 1.59. The normalized spacial score (nSPS) is 34.7. The van der Waals surface area contributed by atoms with E-state index in [1.165, 1.54) is 4.90 Å². The Morgan fingerprint density at radius 1 is 1.26 bits per heavy atom. The molecule has 1 amide bonds. The Morgan fingerprint density at radius 2 is 2.00 bits per heavy atom. The average molecular weight is 289 g/mol. The average Bonchev–Trinajstić information content (AvgIpc) is 2.79. The maximum atomic E-state index is 12.0. The molecule has 19 heavy (non-hydrogen) atoms. The van der Waals surface area contributed by atoms with E-state index in [0.717, 1.165) is 32.8 Å². The van der Waals surface area contributed by atoms with Gasteiger partial charge >= 0.3 is 0 Å². The smallest absolute Gasteiger partial charge is 0.223 e. The van der Waals surface area contributed by atoms with Crippen LogP contribution in [0.3, 0.4) is 0 Å². The van der Waals surface area contributed by atoms with Gasteiger partial charge in [0, 0.05) is 12.3 Å². The van der Waals surface area contributed by atoms with Crippen molar-refractivity contribution in [2.45, 2.75) is 12.5 Å². The number of quaternary nitrogens is 1. The molecule has 7 heteroatoms. The molecule has 3 aliphatic heterocycles. The number of carbonyl (C=O) groups excluding carboxylic acids is 1. The highest BCUT2D eigenvalue weighted by molar-refractivity contribution is 7.91. The topological polar surface area (TPSA) is 68.1 Å². The van der Waals surface area contributed by atoms with Gasteiger partial charge in [0.15, 0.2) is 9.84 Å². The van der Waals surface area contributed by atoms with Gasteiger partial charge in [0.05, 0.1) is 43.9 Å². The van der Waals surface area contributed by atoms with E-state index in [1.54, 1.807) is 0 Å². The van der Waals surface area contributed by atoms with Gasteiger partial charge < -0.3 is 14.5 Å². The Morgan fingerprint density at radius 3 is 2.74 bits per heavy atom. The number of nitrogens with zero attached hydrogens (tertiary/aromatic N) is 1. The number of morpholine rings is 1. The third kappa shape index (κ3) is 2.78. The molecule has 3 saturated heterocycles. The highest BCUT2D eigenvalue weighted by Crippen LogP contribution is 2.33. The van der Waals surface area contributed by atoms with Crippen LogP contribution in [0, 0.1) is 5.92 Å². The molecule has 6 nitrogen and oxygen atoms in total. The summed E-state index contributed by atoms with van der Waals surface area (Å²) in [6.07, 6.45) is 0.419. The summed E-state index contributed by atoms with van der Waals surface area (Å²) in [5, 5.41) is 0. The molecule has 3 rings (SSSR count). The lowest BCUT2D eigenvalue weighted by molar-refractivity contribution is -0.907. The van der Waals surface area contributed by atoms with Crippen molar-refractivity contribution in [3.05, 3.63) is 0 Å². The van der Waals surface area contributed by atoms with Gasteiger partial charge in [-0.2, -0.15) is 0 Å². The van der Waals surface area contributed by atoms with Crippen LogP contribution in [0.5, 0.6) is 0 Å². The van der Waals surface area contributed by atoms with E-state index >= 15 is 0 Å². The summed E-state index contributed by atoms with van der Waals surface area (Å²) in [7, 11) is -2.93. The first-order chi connectivity index (χ1) is 9.05. The number of rotatable bonds is 3. The molecule has 108 valence electrons. The lowest BCUT2D eigenvalue weighted by Gasteiger charge is -2.28. The van der Waals surface area contributed by atoms with Crippen molar-refractivity contribution in [1.29, 1.82) is 0 Å². The maximum Gasteiger partial charge on any atom is 0.223 e. The van der Waals surface area contributed by atoms with E-state index in [0.29, 0.717) is 13.0 Å². The first kappa shape index (κ1) is 13.3. The summed E-state index contributed by atoms with van der Waals surface area (Å²) in [5.74, 6) is 0.543. The molecule has 2 atom stereocenters. The molecule has 3 fully saturated rings. The van der Waals surface area contributed by atoms with Crippen LogP contribution < -0.4 is 4.90 Å². The van der Waals surface area contributed by atoms with E-state index in [1.807, 2.05) is 4.90 Å². The number of amides is 1. The van der Waals surface area contributed by atoms with Crippen LogP contribution >= 0.6 is 0 Å². The predicted molar refractivity (Wildman–Crippen MR) is 68.6 cm³/mol. The summed E-state index contributed by atoms with van der Waals surface area (Å²) in [4.78, 5) is 15.2. The highest BCUT2D eigenvalue weighted by atomic mass is 32.2. The second-order valence-corrected chi connectivity index (χ2v) is 7.96. The van der Waals surface area contributed by atoms with Gasteiger partial charge in [0.2, 0.25) is 5.91 Å². The first-order valence-electron chi connectivity index (χ1n) is 6.96. The Hall–Kier alpha value is -0.660. The van der Waals surface area contributed by atoms with Crippen LogP contribution in [-0.2, 0) is 19.4 Å². The third-order valence-electron chi connectivity index (χ3n) is 4.50. The molecule has 0 radical (unpaired) electrons. The lowest BCUT2D eigenvalue weighted by atomic mass is 10.1. The molecule has 1 N–H and O–H groups in total. The number of carbonyl (C=O) groups is 1. The van der Waals surface area contributed by atoms with E-state index in [4.69, 9.17) is 4.74 Å². The van der Waals surface area contributed by atoms with Crippen LogP contribution in [0.1, 0.15) is 6.42 Å². The van der Waals surface area contributed by atoms with Crippen LogP contribution in [0.25, 0.3) is 0 Å². The number of sulfone groups is 1. The SMILES string of the molecule is O=C1C[C@H]2CS(=O)(=O)C[C@H]2N1CC[NH+]1CCOCC1. The van der Waals surface area contributed by atoms with Gasteiger partial charge in [-0.1, -0.05) is 0 Å². The van der Waals surface area contributed by atoms with Crippen LogP contribution in [-0.4, -0.2) is 76.2 Å². The predicted octanol–water partition coefficient (Wildman–Crippen LogP) is -2.45. The number of fused-ring (bicyclic) bond motifs is 1. The van der Waals surface area contributed by atoms with Crippen molar-refractivity contribution < 1.29 is 22.8 Å².